The summed E-state index contributed by atoms with van der Waals surface area (Å²) in [4.78, 5) is 11.3. The Kier molecular flexibility index (Phi) is 3.55. The van der Waals surface area contributed by atoms with Gasteiger partial charge >= 0.3 is 0 Å². The van der Waals surface area contributed by atoms with E-state index >= 15 is 0 Å². The first-order valence-electron chi connectivity index (χ1n) is 4.60. The lowest BCUT2D eigenvalue weighted by molar-refractivity contribution is -0.120. The molecular weight excluding hydrogens is 164 g/mol. The highest BCUT2D eigenvalue weighted by atomic mass is 16.1. The zero-order valence-corrected chi connectivity index (χ0v) is 8.21. The van der Waals surface area contributed by atoms with E-state index in [-0.39, 0.29) is 5.91 Å². The van der Waals surface area contributed by atoms with Crippen LogP contribution in [0.2, 0.25) is 0 Å². The van der Waals surface area contributed by atoms with Crippen molar-refractivity contribution in [3.63, 3.8) is 0 Å². The van der Waals surface area contributed by atoms with Crippen molar-refractivity contribution in [3.8, 4) is 0 Å². The zero-order valence-electron chi connectivity index (χ0n) is 8.21. The Balaban J connectivity index is 2.36. The van der Waals surface area contributed by atoms with Crippen molar-refractivity contribution >= 4 is 5.91 Å². The predicted molar refractivity (Wildman–Crippen MR) is 52.4 cm³/mol. The summed E-state index contributed by atoms with van der Waals surface area (Å²) >= 11 is 0. The molecule has 0 aliphatic heterocycles. The van der Waals surface area contributed by atoms with Crippen molar-refractivity contribution < 1.29 is 4.79 Å². The Hall–Kier alpha value is -1.25. The fourth-order valence-corrected chi connectivity index (χ4v) is 1.18. The van der Waals surface area contributed by atoms with Gasteiger partial charge < -0.3 is 9.88 Å². The Bertz CT molecular complexity index is 278. The van der Waals surface area contributed by atoms with Crippen LogP contribution in [0.15, 0.2) is 18.5 Å². The molecule has 1 rings (SSSR count). The Labute approximate surface area is 78.8 Å². The quantitative estimate of drug-likeness (QED) is 0.739. The molecule has 0 saturated heterocycles. The maximum atomic E-state index is 11.3. The van der Waals surface area contributed by atoms with Crippen molar-refractivity contribution in [2.75, 3.05) is 6.54 Å². The Morgan fingerprint density at radius 2 is 2.38 bits per heavy atom. The van der Waals surface area contributed by atoms with Crippen molar-refractivity contribution in [2.24, 2.45) is 7.05 Å². The molecule has 1 aromatic rings. The van der Waals surface area contributed by atoms with Crippen LogP contribution in [0.5, 0.6) is 0 Å². The molecule has 0 aliphatic rings. The molecule has 0 atom stereocenters. The van der Waals surface area contributed by atoms with E-state index in [0.717, 1.165) is 18.5 Å². The molecule has 0 aliphatic carbocycles. The molecule has 3 heteroatoms. The number of hydrogen-bond acceptors (Lipinski definition) is 1. The SMILES string of the molecule is CCCNC(=O)Cc1ccn(C)c1. The van der Waals surface area contributed by atoms with E-state index in [1.165, 1.54) is 0 Å². The Morgan fingerprint density at radius 3 is 2.92 bits per heavy atom. The van der Waals surface area contributed by atoms with E-state index in [4.69, 9.17) is 0 Å². The first kappa shape index (κ1) is 9.84. The van der Waals surface area contributed by atoms with E-state index in [2.05, 4.69) is 5.32 Å². The summed E-state index contributed by atoms with van der Waals surface area (Å²) in [5.41, 5.74) is 1.07. The molecule has 1 amide bonds. The first-order valence-corrected chi connectivity index (χ1v) is 4.60. The second-order valence-electron chi connectivity index (χ2n) is 3.21. The van der Waals surface area contributed by atoms with E-state index in [9.17, 15) is 4.79 Å². The lowest BCUT2D eigenvalue weighted by atomic mass is 10.2. The van der Waals surface area contributed by atoms with Crippen LogP contribution in [0.4, 0.5) is 0 Å². The number of aryl methyl sites for hydroxylation is 1. The highest BCUT2D eigenvalue weighted by molar-refractivity contribution is 5.78. The summed E-state index contributed by atoms with van der Waals surface area (Å²) in [6.07, 6.45) is 5.38. The monoisotopic (exact) mass is 180 g/mol. The van der Waals surface area contributed by atoms with Crippen LogP contribution in [-0.2, 0) is 18.3 Å². The minimum absolute atomic E-state index is 0.105. The molecule has 1 aromatic heterocycles. The number of amides is 1. The van der Waals surface area contributed by atoms with E-state index in [1.807, 2.05) is 37.0 Å². The van der Waals surface area contributed by atoms with Gasteiger partial charge in [-0.25, -0.2) is 0 Å². The van der Waals surface area contributed by atoms with Gasteiger partial charge in [-0.3, -0.25) is 4.79 Å². The van der Waals surface area contributed by atoms with Gasteiger partial charge in [0.2, 0.25) is 5.91 Å². The number of hydrogen-bond donors (Lipinski definition) is 1. The second kappa shape index (κ2) is 4.70. The van der Waals surface area contributed by atoms with Crippen molar-refractivity contribution in [3.05, 3.63) is 24.0 Å². The summed E-state index contributed by atoms with van der Waals surface area (Å²) in [7, 11) is 1.95. The standard InChI is InChI=1S/C10H16N2O/c1-3-5-11-10(13)7-9-4-6-12(2)8-9/h4,6,8H,3,5,7H2,1-2H3,(H,11,13). The highest BCUT2D eigenvalue weighted by Crippen LogP contribution is 1.99. The van der Waals surface area contributed by atoms with E-state index in [1.54, 1.807) is 0 Å². The molecule has 0 aromatic carbocycles. The normalized spacial score (nSPS) is 10.0. The molecule has 1 heterocycles. The molecule has 0 unspecified atom stereocenters. The van der Waals surface area contributed by atoms with Crippen molar-refractivity contribution in [2.45, 2.75) is 19.8 Å². The van der Waals surface area contributed by atoms with E-state index < -0.39 is 0 Å². The largest absolute Gasteiger partial charge is 0.357 e. The van der Waals surface area contributed by atoms with Gasteiger partial charge in [0.05, 0.1) is 6.42 Å². The van der Waals surface area contributed by atoms with Gasteiger partial charge in [-0.2, -0.15) is 0 Å². The maximum absolute atomic E-state index is 11.3. The van der Waals surface area contributed by atoms with Crippen LogP contribution in [0, 0.1) is 0 Å². The highest BCUT2D eigenvalue weighted by Gasteiger charge is 2.02. The number of rotatable bonds is 4. The van der Waals surface area contributed by atoms with Gasteiger partial charge in [0.1, 0.15) is 0 Å². The van der Waals surface area contributed by atoms with Gasteiger partial charge in [0.15, 0.2) is 0 Å². The number of nitrogens with zero attached hydrogens (tertiary/aromatic N) is 1. The number of nitrogens with one attached hydrogen (secondary N) is 1. The smallest absolute Gasteiger partial charge is 0.224 e. The van der Waals surface area contributed by atoms with Gasteiger partial charge in [-0.05, 0) is 18.1 Å². The van der Waals surface area contributed by atoms with Crippen LogP contribution in [0.25, 0.3) is 0 Å². The first-order chi connectivity index (χ1) is 6.22. The van der Waals surface area contributed by atoms with Crippen LogP contribution in [0.3, 0.4) is 0 Å². The number of carbonyl (C=O) groups excluding carboxylic acids is 1. The summed E-state index contributed by atoms with van der Waals surface area (Å²) in [5, 5.41) is 2.84. The Morgan fingerprint density at radius 1 is 1.62 bits per heavy atom. The van der Waals surface area contributed by atoms with Crippen LogP contribution in [0.1, 0.15) is 18.9 Å². The average Bonchev–Trinajstić information content (AvgIpc) is 2.48. The van der Waals surface area contributed by atoms with Crippen LogP contribution in [-0.4, -0.2) is 17.0 Å². The summed E-state index contributed by atoms with van der Waals surface area (Å²) in [6.45, 7) is 2.81. The number of carbonyl (C=O) groups is 1. The molecule has 0 radical (unpaired) electrons. The molecule has 1 N–H and O–H groups in total. The van der Waals surface area contributed by atoms with Crippen molar-refractivity contribution in [1.29, 1.82) is 0 Å². The molecule has 0 spiro atoms. The molecule has 0 bridgehead atoms. The summed E-state index contributed by atoms with van der Waals surface area (Å²) in [5.74, 6) is 0.105. The summed E-state index contributed by atoms with van der Waals surface area (Å²) < 4.78 is 1.95. The second-order valence-corrected chi connectivity index (χ2v) is 3.21. The minimum Gasteiger partial charge on any atom is -0.357 e. The van der Waals surface area contributed by atoms with E-state index in [0.29, 0.717) is 6.42 Å². The third kappa shape index (κ3) is 3.32. The minimum atomic E-state index is 0.105. The van der Waals surface area contributed by atoms with Crippen molar-refractivity contribution in [1.82, 2.24) is 9.88 Å². The zero-order chi connectivity index (χ0) is 9.68. The topological polar surface area (TPSA) is 34.0 Å². The third-order valence-electron chi connectivity index (χ3n) is 1.83. The van der Waals surface area contributed by atoms with Gasteiger partial charge in [0.25, 0.3) is 0 Å². The average molecular weight is 180 g/mol. The lowest BCUT2D eigenvalue weighted by Gasteiger charge is -2.00. The fourth-order valence-electron chi connectivity index (χ4n) is 1.18. The molecular formula is C10H16N2O. The number of aromatic nitrogens is 1. The molecule has 0 fully saturated rings. The maximum Gasteiger partial charge on any atom is 0.224 e. The fraction of sp³-hybridized carbons (Fsp3) is 0.500. The van der Waals surface area contributed by atoms with Gasteiger partial charge in [-0.1, -0.05) is 6.92 Å². The van der Waals surface area contributed by atoms with Gasteiger partial charge in [-0.15, -0.1) is 0 Å². The molecule has 3 nitrogen and oxygen atoms in total. The molecule has 72 valence electrons. The van der Waals surface area contributed by atoms with Gasteiger partial charge in [0, 0.05) is 26.0 Å². The predicted octanol–water partition coefficient (Wildman–Crippen LogP) is 1.09. The third-order valence-corrected chi connectivity index (χ3v) is 1.83. The van der Waals surface area contributed by atoms with Crippen LogP contribution < -0.4 is 5.32 Å². The molecule has 0 saturated carbocycles. The van der Waals surface area contributed by atoms with Crippen LogP contribution >= 0.6 is 0 Å². The lowest BCUT2D eigenvalue weighted by Crippen LogP contribution is -2.25. The molecule has 13 heavy (non-hydrogen) atoms. The summed E-state index contributed by atoms with van der Waals surface area (Å²) in [6, 6.07) is 1.96.